The molecular formula is C9H14FN3. The van der Waals surface area contributed by atoms with Gasteiger partial charge in [0, 0.05) is 12.6 Å². The molecule has 1 unspecified atom stereocenters. The molecular weight excluding hydrogens is 169 g/mol. The predicted molar refractivity (Wildman–Crippen MR) is 50.9 cm³/mol. The topological polar surface area (TPSA) is 64.9 Å². The van der Waals surface area contributed by atoms with Crippen LogP contribution < -0.4 is 11.5 Å². The Labute approximate surface area is 77.0 Å². The van der Waals surface area contributed by atoms with Crippen LogP contribution >= 0.6 is 0 Å². The Morgan fingerprint density at radius 1 is 1.54 bits per heavy atom. The first-order chi connectivity index (χ1) is 6.22. The Kier molecular flexibility index (Phi) is 3.64. The van der Waals surface area contributed by atoms with Crippen LogP contribution in [0.1, 0.15) is 12.0 Å². The van der Waals surface area contributed by atoms with Crippen LogP contribution in [0.4, 0.5) is 10.2 Å². The zero-order valence-electron chi connectivity index (χ0n) is 7.41. The third-order valence-electron chi connectivity index (χ3n) is 1.78. The van der Waals surface area contributed by atoms with E-state index in [1.165, 1.54) is 0 Å². The van der Waals surface area contributed by atoms with Gasteiger partial charge in [0.15, 0.2) is 0 Å². The number of anilines is 1. The molecule has 0 saturated heterocycles. The minimum atomic E-state index is -0.883. The van der Waals surface area contributed by atoms with E-state index in [0.29, 0.717) is 25.2 Å². The van der Waals surface area contributed by atoms with Crippen molar-refractivity contribution in [1.29, 1.82) is 0 Å². The van der Waals surface area contributed by atoms with Crippen LogP contribution in [0.3, 0.4) is 0 Å². The largest absolute Gasteiger partial charge is 0.384 e. The Bertz CT molecular complexity index is 265. The minimum Gasteiger partial charge on any atom is -0.384 e. The highest BCUT2D eigenvalue weighted by Crippen LogP contribution is 2.09. The Morgan fingerprint density at radius 3 is 2.92 bits per heavy atom. The summed E-state index contributed by atoms with van der Waals surface area (Å²) in [6.07, 6.45) is 1.46. The van der Waals surface area contributed by atoms with E-state index in [1.54, 1.807) is 18.3 Å². The molecule has 0 saturated carbocycles. The number of alkyl halides is 1. The number of nitrogens with zero attached hydrogens (tertiary/aromatic N) is 1. The molecule has 13 heavy (non-hydrogen) atoms. The Hall–Kier alpha value is -1.16. The number of nitrogen functional groups attached to an aromatic ring is 1. The quantitative estimate of drug-likeness (QED) is 0.728. The van der Waals surface area contributed by atoms with E-state index in [2.05, 4.69) is 4.98 Å². The van der Waals surface area contributed by atoms with Gasteiger partial charge < -0.3 is 11.5 Å². The zero-order valence-corrected chi connectivity index (χ0v) is 7.41. The highest BCUT2D eigenvalue weighted by molar-refractivity contribution is 5.32. The van der Waals surface area contributed by atoms with E-state index in [0.717, 1.165) is 5.56 Å². The van der Waals surface area contributed by atoms with Crippen LogP contribution in [-0.4, -0.2) is 17.7 Å². The average Bonchev–Trinajstić information content (AvgIpc) is 2.04. The number of rotatable bonds is 4. The van der Waals surface area contributed by atoms with Crippen molar-refractivity contribution in [3.63, 3.8) is 0 Å². The highest BCUT2D eigenvalue weighted by Gasteiger charge is 2.06. The monoisotopic (exact) mass is 183 g/mol. The van der Waals surface area contributed by atoms with Crippen LogP contribution in [0.5, 0.6) is 0 Å². The molecule has 1 atom stereocenters. The fourth-order valence-corrected chi connectivity index (χ4v) is 1.16. The lowest BCUT2D eigenvalue weighted by Gasteiger charge is -2.06. The maximum atomic E-state index is 13.1. The van der Waals surface area contributed by atoms with Gasteiger partial charge in [-0.15, -0.1) is 0 Å². The van der Waals surface area contributed by atoms with Crippen LogP contribution in [0.25, 0.3) is 0 Å². The summed E-state index contributed by atoms with van der Waals surface area (Å²) in [5.74, 6) is 0.428. The normalized spacial score (nSPS) is 12.8. The molecule has 4 heteroatoms. The molecule has 0 spiro atoms. The molecule has 72 valence electrons. The average molecular weight is 183 g/mol. The fourth-order valence-electron chi connectivity index (χ4n) is 1.16. The summed E-state index contributed by atoms with van der Waals surface area (Å²) in [4.78, 5) is 3.82. The summed E-state index contributed by atoms with van der Waals surface area (Å²) in [5.41, 5.74) is 11.6. The van der Waals surface area contributed by atoms with Gasteiger partial charge in [0.2, 0.25) is 0 Å². The van der Waals surface area contributed by atoms with Crippen molar-refractivity contribution in [3.05, 3.63) is 23.9 Å². The van der Waals surface area contributed by atoms with Gasteiger partial charge in [-0.2, -0.15) is 0 Å². The van der Waals surface area contributed by atoms with Crippen molar-refractivity contribution in [2.45, 2.75) is 19.0 Å². The number of hydrogen-bond donors (Lipinski definition) is 2. The van der Waals surface area contributed by atoms with Crippen molar-refractivity contribution in [3.8, 4) is 0 Å². The number of halogens is 1. The van der Waals surface area contributed by atoms with Crippen LogP contribution in [0.2, 0.25) is 0 Å². The maximum absolute atomic E-state index is 13.1. The van der Waals surface area contributed by atoms with Gasteiger partial charge in [-0.25, -0.2) is 9.37 Å². The van der Waals surface area contributed by atoms with E-state index in [9.17, 15) is 4.39 Å². The van der Waals surface area contributed by atoms with Crippen molar-refractivity contribution in [2.75, 3.05) is 12.3 Å². The van der Waals surface area contributed by atoms with Crippen molar-refractivity contribution in [1.82, 2.24) is 4.98 Å². The van der Waals surface area contributed by atoms with Crippen molar-refractivity contribution < 1.29 is 4.39 Å². The fraction of sp³-hybridized carbons (Fsp3) is 0.444. The molecule has 3 nitrogen and oxygen atoms in total. The lowest BCUT2D eigenvalue weighted by molar-refractivity contribution is 0.316. The number of pyridine rings is 1. The Balaban J connectivity index is 2.53. The molecule has 0 fully saturated rings. The molecule has 0 radical (unpaired) electrons. The molecule has 0 aliphatic heterocycles. The number of nitrogens with two attached hydrogens (primary N) is 2. The van der Waals surface area contributed by atoms with E-state index < -0.39 is 6.17 Å². The van der Waals surface area contributed by atoms with Gasteiger partial charge in [0.25, 0.3) is 0 Å². The van der Waals surface area contributed by atoms with Crippen molar-refractivity contribution in [2.24, 2.45) is 5.73 Å². The molecule has 0 aliphatic carbocycles. The highest BCUT2D eigenvalue weighted by atomic mass is 19.1. The summed E-state index contributed by atoms with van der Waals surface area (Å²) >= 11 is 0. The summed E-state index contributed by atoms with van der Waals surface area (Å²) < 4.78 is 13.1. The lowest BCUT2D eigenvalue weighted by Crippen LogP contribution is -2.11. The van der Waals surface area contributed by atoms with E-state index in [-0.39, 0.29) is 0 Å². The van der Waals surface area contributed by atoms with Crippen LogP contribution in [0.15, 0.2) is 18.3 Å². The molecule has 0 aromatic carbocycles. The number of aromatic nitrogens is 1. The third kappa shape index (κ3) is 3.38. The third-order valence-corrected chi connectivity index (χ3v) is 1.78. The Morgan fingerprint density at radius 2 is 2.31 bits per heavy atom. The molecule has 0 bridgehead atoms. The van der Waals surface area contributed by atoms with Crippen molar-refractivity contribution >= 4 is 5.82 Å². The zero-order chi connectivity index (χ0) is 9.68. The van der Waals surface area contributed by atoms with Gasteiger partial charge in [-0.1, -0.05) is 0 Å². The van der Waals surface area contributed by atoms with Gasteiger partial charge in [0.05, 0.1) is 0 Å². The SMILES string of the molecule is NCCC(F)Cc1ccnc(N)c1. The summed E-state index contributed by atoms with van der Waals surface area (Å²) in [6, 6.07) is 3.45. The first-order valence-corrected chi connectivity index (χ1v) is 4.27. The summed E-state index contributed by atoms with van der Waals surface area (Å²) in [5, 5.41) is 0. The minimum absolute atomic E-state index is 0.365. The molecule has 0 amide bonds. The van der Waals surface area contributed by atoms with Crippen LogP contribution in [0, 0.1) is 0 Å². The van der Waals surface area contributed by atoms with Gasteiger partial charge in [0.1, 0.15) is 12.0 Å². The molecule has 4 N–H and O–H groups in total. The van der Waals surface area contributed by atoms with Crippen LogP contribution in [-0.2, 0) is 6.42 Å². The molecule has 1 rings (SSSR count). The van der Waals surface area contributed by atoms with E-state index in [4.69, 9.17) is 11.5 Å². The summed E-state index contributed by atoms with van der Waals surface area (Å²) in [6.45, 7) is 0.377. The van der Waals surface area contributed by atoms with Gasteiger partial charge >= 0.3 is 0 Å². The van der Waals surface area contributed by atoms with Gasteiger partial charge in [-0.05, 0) is 30.7 Å². The molecule has 0 aliphatic rings. The second-order valence-electron chi connectivity index (χ2n) is 2.97. The van der Waals surface area contributed by atoms with E-state index in [1.807, 2.05) is 0 Å². The molecule has 1 aromatic heterocycles. The van der Waals surface area contributed by atoms with Gasteiger partial charge in [-0.3, -0.25) is 0 Å². The second kappa shape index (κ2) is 4.77. The smallest absolute Gasteiger partial charge is 0.123 e. The molecule has 1 heterocycles. The first kappa shape index (κ1) is 9.92. The number of hydrogen-bond acceptors (Lipinski definition) is 3. The first-order valence-electron chi connectivity index (χ1n) is 4.27. The standard InChI is InChI=1S/C9H14FN3/c10-8(1-3-11)5-7-2-4-13-9(12)6-7/h2,4,6,8H,1,3,5,11H2,(H2,12,13). The second-order valence-corrected chi connectivity index (χ2v) is 2.97. The predicted octanol–water partition coefficient (Wildman–Crippen LogP) is 0.893. The maximum Gasteiger partial charge on any atom is 0.123 e. The molecule has 1 aromatic rings. The van der Waals surface area contributed by atoms with E-state index >= 15 is 0 Å². The summed E-state index contributed by atoms with van der Waals surface area (Å²) in [7, 11) is 0. The lowest BCUT2D eigenvalue weighted by atomic mass is 10.1.